The molecule has 0 radical (unpaired) electrons. The molecule has 1 saturated carbocycles. The summed E-state index contributed by atoms with van der Waals surface area (Å²) in [7, 11) is 3.01. The summed E-state index contributed by atoms with van der Waals surface area (Å²) in [6.07, 6.45) is 4.75. The maximum atomic E-state index is 14.4. The maximum absolute atomic E-state index is 14.4. The lowest BCUT2D eigenvalue weighted by molar-refractivity contribution is -0.127. The molecule has 3 aromatic rings. The first kappa shape index (κ1) is 33.0. The molecule has 4 amide bonds. The molecule has 2 aromatic carbocycles. The van der Waals surface area contributed by atoms with Gasteiger partial charge in [-0.1, -0.05) is 44.2 Å². The highest BCUT2D eigenvalue weighted by Gasteiger charge is 2.58. The van der Waals surface area contributed by atoms with Crippen molar-refractivity contribution in [2.45, 2.75) is 69.4 Å². The van der Waals surface area contributed by atoms with Crippen molar-refractivity contribution in [3.8, 4) is 5.75 Å². The third-order valence-corrected chi connectivity index (χ3v) is 10.4. The van der Waals surface area contributed by atoms with Gasteiger partial charge >= 0.3 is 6.09 Å². The van der Waals surface area contributed by atoms with E-state index >= 15 is 0 Å². The van der Waals surface area contributed by atoms with Crippen LogP contribution in [-0.4, -0.2) is 77.4 Å². The van der Waals surface area contributed by atoms with Crippen LogP contribution < -0.4 is 20.7 Å². The number of aryl methyl sites for hydroxylation is 1. The third kappa shape index (κ3) is 6.11. The lowest BCUT2D eigenvalue weighted by atomic mass is 9.75. The second kappa shape index (κ2) is 13.3. The molecule has 2 unspecified atom stereocenters. The standard InChI is InChI=1S/C36H44N6O6/c1-5-24(6-2)39-33(45)36(17-19-42(21-36)34(46)47-4)23-10-9-11-25(20-23)38-32(44)30(40-31(43)27-14-18-37-41(27)3)29-26-12-7-8-13-28(26)48-22-35(29)15-16-35/h7-14,18,20,24,29-30H,5-6,15-17,19,21-22H2,1-4H3,(H,38,44)(H,39,45)(H,40,43)/t29?,30-,36?/m0/s1. The molecule has 2 aliphatic heterocycles. The van der Waals surface area contributed by atoms with Crippen molar-refractivity contribution in [2.75, 3.05) is 32.1 Å². The normalized spacial score (nSPS) is 21.2. The van der Waals surface area contributed by atoms with Gasteiger partial charge in [-0.3, -0.25) is 19.1 Å². The van der Waals surface area contributed by atoms with Crippen LogP contribution in [0.15, 0.2) is 60.8 Å². The zero-order valence-corrected chi connectivity index (χ0v) is 28.0. The molecule has 6 rings (SSSR count). The Hall–Kier alpha value is -4.87. The Morgan fingerprint density at radius 3 is 2.48 bits per heavy atom. The zero-order valence-electron chi connectivity index (χ0n) is 28.0. The van der Waals surface area contributed by atoms with Crippen molar-refractivity contribution in [1.29, 1.82) is 0 Å². The smallest absolute Gasteiger partial charge is 0.409 e. The van der Waals surface area contributed by atoms with E-state index in [0.717, 1.165) is 31.2 Å². The average molecular weight is 657 g/mol. The number of amides is 4. The summed E-state index contributed by atoms with van der Waals surface area (Å²) < 4.78 is 12.6. The summed E-state index contributed by atoms with van der Waals surface area (Å²) in [5.41, 5.74) is 1.06. The van der Waals surface area contributed by atoms with Crippen molar-refractivity contribution in [2.24, 2.45) is 12.5 Å². The van der Waals surface area contributed by atoms with Crippen molar-refractivity contribution in [3.63, 3.8) is 0 Å². The number of para-hydroxylation sites is 1. The summed E-state index contributed by atoms with van der Waals surface area (Å²) in [4.78, 5) is 56.1. The summed E-state index contributed by atoms with van der Waals surface area (Å²) in [6.45, 7) is 5.01. The minimum absolute atomic E-state index is 0.00895. The average Bonchev–Trinajstić information content (AvgIpc) is 3.48. The molecule has 12 heteroatoms. The van der Waals surface area contributed by atoms with Crippen LogP contribution in [0.25, 0.3) is 0 Å². The number of nitrogens with zero attached hydrogens (tertiary/aromatic N) is 3. The van der Waals surface area contributed by atoms with E-state index in [2.05, 4.69) is 21.0 Å². The van der Waals surface area contributed by atoms with Crippen LogP contribution in [0.1, 0.15) is 73.5 Å². The number of methoxy groups -OCH3 is 1. The van der Waals surface area contributed by atoms with E-state index in [1.165, 1.54) is 11.8 Å². The minimum atomic E-state index is -1.04. The van der Waals surface area contributed by atoms with Crippen molar-refractivity contribution < 1.29 is 28.7 Å². The molecule has 3 N–H and O–H groups in total. The molecule has 1 aliphatic carbocycles. The number of hydrogen-bond acceptors (Lipinski definition) is 7. The Kier molecular flexibility index (Phi) is 9.18. The van der Waals surface area contributed by atoms with Gasteiger partial charge in [0.2, 0.25) is 11.8 Å². The van der Waals surface area contributed by atoms with Gasteiger partial charge in [-0.2, -0.15) is 5.10 Å². The largest absolute Gasteiger partial charge is 0.493 e. The van der Waals surface area contributed by atoms with E-state index in [4.69, 9.17) is 9.47 Å². The molecular formula is C36H44N6O6. The monoisotopic (exact) mass is 656 g/mol. The number of benzene rings is 2. The molecule has 2 fully saturated rings. The van der Waals surface area contributed by atoms with Gasteiger partial charge in [0.05, 0.1) is 19.1 Å². The number of ether oxygens (including phenoxy) is 2. The van der Waals surface area contributed by atoms with Crippen LogP contribution in [0.2, 0.25) is 0 Å². The van der Waals surface area contributed by atoms with E-state index in [9.17, 15) is 19.2 Å². The van der Waals surface area contributed by atoms with E-state index in [0.29, 0.717) is 42.3 Å². The van der Waals surface area contributed by atoms with E-state index in [1.54, 1.807) is 42.4 Å². The predicted octanol–water partition coefficient (Wildman–Crippen LogP) is 4.13. The van der Waals surface area contributed by atoms with Crippen molar-refractivity contribution >= 4 is 29.5 Å². The number of fused-ring (bicyclic) bond motifs is 1. The van der Waals surface area contributed by atoms with Gasteiger partial charge in [0.25, 0.3) is 5.91 Å². The molecule has 48 heavy (non-hydrogen) atoms. The van der Waals surface area contributed by atoms with Crippen molar-refractivity contribution in [1.82, 2.24) is 25.3 Å². The van der Waals surface area contributed by atoms with Crippen LogP contribution >= 0.6 is 0 Å². The van der Waals surface area contributed by atoms with Gasteiger partial charge < -0.3 is 30.3 Å². The Bertz CT molecular complexity index is 1700. The maximum Gasteiger partial charge on any atom is 0.409 e. The van der Waals surface area contributed by atoms with Gasteiger partial charge in [0, 0.05) is 55.0 Å². The summed E-state index contributed by atoms with van der Waals surface area (Å²) in [5, 5.41) is 13.5. The Morgan fingerprint density at radius 1 is 1.02 bits per heavy atom. The van der Waals surface area contributed by atoms with E-state index < -0.39 is 23.5 Å². The molecule has 3 heterocycles. The fraction of sp³-hybridized carbons (Fsp3) is 0.472. The molecule has 1 spiro atoms. The number of likely N-dealkylation sites (tertiary alicyclic amines) is 1. The Labute approximate surface area is 280 Å². The predicted molar refractivity (Wildman–Crippen MR) is 179 cm³/mol. The van der Waals surface area contributed by atoms with Gasteiger partial charge in [0.15, 0.2) is 0 Å². The number of carbonyl (C=O) groups is 4. The highest BCUT2D eigenvalue weighted by molar-refractivity contribution is 6.01. The number of anilines is 1. The van der Waals surface area contributed by atoms with Crippen LogP contribution in [0.4, 0.5) is 10.5 Å². The molecule has 254 valence electrons. The molecule has 12 nitrogen and oxygen atoms in total. The van der Waals surface area contributed by atoms with E-state index in [1.807, 2.05) is 44.2 Å². The summed E-state index contributed by atoms with van der Waals surface area (Å²) in [6, 6.07) is 15.6. The second-order valence-corrected chi connectivity index (χ2v) is 13.2. The molecule has 1 saturated heterocycles. The minimum Gasteiger partial charge on any atom is -0.493 e. The van der Waals surface area contributed by atoms with Crippen LogP contribution in [0, 0.1) is 5.41 Å². The topological polar surface area (TPSA) is 144 Å². The molecular weight excluding hydrogens is 612 g/mol. The fourth-order valence-corrected chi connectivity index (χ4v) is 7.35. The van der Waals surface area contributed by atoms with E-state index in [-0.39, 0.29) is 35.7 Å². The highest BCUT2D eigenvalue weighted by atomic mass is 16.5. The van der Waals surface area contributed by atoms with Crippen LogP contribution in [0.3, 0.4) is 0 Å². The molecule has 3 aliphatic rings. The van der Waals surface area contributed by atoms with Crippen molar-refractivity contribution in [3.05, 3.63) is 77.6 Å². The number of rotatable bonds is 10. The summed E-state index contributed by atoms with van der Waals surface area (Å²) >= 11 is 0. The summed E-state index contributed by atoms with van der Waals surface area (Å²) in [5.74, 6) is -0.579. The quantitative estimate of drug-likeness (QED) is 0.298. The lowest BCUT2D eigenvalue weighted by Gasteiger charge is -2.38. The lowest BCUT2D eigenvalue weighted by Crippen LogP contribution is -2.52. The van der Waals surface area contributed by atoms with Gasteiger partial charge in [-0.25, -0.2) is 4.79 Å². The van der Waals surface area contributed by atoms with Gasteiger partial charge in [-0.15, -0.1) is 0 Å². The number of carbonyl (C=O) groups excluding carboxylic acids is 4. The number of nitrogens with one attached hydrogen (secondary N) is 3. The Morgan fingerprint density at radius 2 is 1.79 bits per heavy atom. The van der Waals surface area contributed by atoms with Gasteiger partial charge in [0.1, 0.15) is 17.5 Å². The first-order valence-electron chi connectivity index (χ1n) is 16.7. The SMILES string of the molecule is CCC(CC)NC(=O)C1(c2cccc(NC(=O)[C@@H](NC(=O)c3ccnn3C)C3c4ccccc4OCC34CC4)c2)CCN(C(=O)OC)C1. The van der Waals surface area contributed by atoms with Crippen LogP contribution in [0.5, 0.6) is 5.75 Å². The molecule has 0 bridgehead atoms. The fourth-order valence-electron chi connectivity index (χ4n) is 7.35. The number of aromatic nitrogens is 2. The Balaban J connectivity index is 1.34. The van der Waals surface area contributed by atoms with Gasteiger partial charge in [-0.05, 0) is 61.9 Å². The molecule has 1 aromatic heterocycles. The highest BCUT2D eigenvalue weighted by Crippen LogP contribution is 2.61. The number of hydrogen-bond donors (Lipinski definition) is 3. The zero-order chi connectivity index (χ0) is 34.1. The first-order chi connectivity index (χ1) is 23.1. The first-order valence-corrected chi connectivity index (χ1v) is 16.7. The third-order valence-electron chi connectivity index (χ3n) is 10.4. The second-order valence-electron chi connectivity index (χ2n) is 13.2. The molecule has 3 atom stereocenters. The van der Waals surface area contributed by atoms with Crippen LogP contribution in [-0.2, 0) is 26.8 Å².